The molecule has 0 amide bonds. The zero-order valence-corrected chi connectivity index (χ0v) is 14.7. The van der Waals surface area contributed by atoms with Crippen LogP contribution in [0.25, 0.3) is 27.6 Å². The van der Waals surface area contributed by atoms with E-state index >= 15 is 0 Å². The number of allylic oxidation sites excluding steroid dienone is 1. The van der Waals surface area contributed by atoms with E-state index in [0.717, 1.165) is 0 Å². The van der Waals surface area contributed by atoms with E-state index in [1.165, 1.54) is 32.7 Å². The van der Waals surface area contributed by atoms with Crippen LogP contribution in [0.15, 0.2) is 72.3 Å². The van der Waals surface area contributed by atoms with Crippen molar-refractivity contribution in [2.24, 2.45) is 5.92 Å². The predicted octanol–water partition coefficient (Wildman–Crippen LogP) is 5.31. The molecule has 26 heavy (non-hydrogen) atoms. The van der Waals surface area contributed by atoms with Crippen LogP contribution in [0.4, 0.5) is 0 Å². The number of hydrogen-bond acceptors (Lipinski definition) is 2. The lowest BCUT2D eigenvalue weighted by Crippen LogP contribution is -2.34. The van der Waals surface area contributed by atoms with Crippen molar-refractivity contribution in [2.45, 2.75) is 18.9 Å². The minimum Gasteiger partial charge on any atom is -0.366 e. The molecule has 2 aliphatic rings. The van der Waals surface area contributed by atoms with Crippen molar-refractivity contribution in [2.75, 3.05) is 6.61 Å². The van der Waals surface area contributed by atoms with E-state index in [2.05, 4.69) is 67.6 Å². The normalized spacial score (nSPS) is 26.7. The minimum atomic E-state index is -0.355. The number of ketones is 1. The summed E-state index contributed by atoms with van der Waals surface area (Å²) in [6, 6.07) is 19.3. The van der Waals surface area contributed by atoms with Crippen molar-refractivity contribution in [1.29, 1.82) is 0 Å². The van der Waals surface area contributed by atoms with Crippen LogP contribution < -0.4 is 0 Å². The van der Waals surface area contributed by atoms with Crippen molar-refractivity contribution in [1.82, 2.24) is 0 Å². The Bertz CT molecular complexity index is 1110. The Labute approximate surface area is 152 Å². The largest absolute Gasteiger partial charge is 0.366 e. The second-order valence-electron chi connectivity index (χ2n) is 7.48. The average molecular weight is 340 g/mol. The summed E-state index contributed by atoms with van der Waals surface area (Å²) in [5, 5.41) is 5.01. The minimum absolute atomic E-state index is 0.130. The third-order valence-electron chi connectivity index (χ3n) is 5.84. The van der Waals surface area contributed by atoms with E-state index in [9.17, 15) is 4.79 Å². The van der Waals surface area contributed by atoms with Crippen molar-refractivity contribution < 1.29 is 9.53 Å². The third kappa shape index (κ3) is 2.33. The summed E-state index contributed by atoms with van der Waals surface area (Å²) in [6.07, 6.45) is 6.38. The Morgan fingerprint density at radius 2 is 1.77 bits per heavy atom. The molecule has 0 unspecified atom stereocenters. The summed E-state index contributed by atoms with van der Waals surface area (Å²) in [6.45, 7) is 2.67. The molecule has 128 valence electrons. The number of hydrogen-bond donors (Lipinski definition) is 0. The lowest BCUT2D eigenvalue weighted by atomic mass is 9.78. The van der Waals surface area contributed by atoms with Crippen LogP contribution in [-0.4, -0.2) is 18.0 Å². The number of benzene rings is 3. The fraction of sp³-hybridized carbons (Fsp3) is 0.208. The lowest BCUT2D eigenvalue weighted by Gasteiger charge is -2.29. The quantitative estimate of drug-likeness (QED) is 0.561. The molecule has 0 N–H and O–H groups in total. The molecular formula is C24H20O2. The van der Waals surface area contributed by atoms with Crippen molar-refractivity contribution in [3.05, 3.63) is 77.9 Å². The molecule has 1 fully saturated rings. The van der Waals surface area contributed by atoms with E-state index in [1.54, 1.807) is 6.08 Å². The number of fused-ring (bicyclic) bond motifs is 4. The third-order valence-corrected chi connectivity index (χ3v) is 5.84. The second-order valence-corrected chi connectivity index (χ2v) is 7.48. The van der Waals surface area contributed by atoms with Crippen LogP contribution in [0.2, 0.25) is 0 Å². The highest BCUT2D eigenvalue weighted by Crippen LogP contribution is 2.43. The Hall–Kier alpha value is -2.71. The van der Waals surface area contributed by atoms with E-state index in [0.29, 0.717) is 13.0 Å². The summed E-state index contributed by atoms with van der Waals surface area (Å²) < 4.78 is 6.07. The van der Waals surface area contributed by atoms with E-state index < -0.39 is 0 Å². The van der Waals surface area contributed by atoms with Gasteiger partial charge in [0.05, 0.1) is 12.2 Å². The molecule has 1 aliphatic heterocycles. The van der Waals surface area contributed by atoms with Gasteiger partial charge in [-0.05, 0) is 57.8 Å². The van der Waals surface area contributed by atoms with Gasteiger partial charge < -0.3 is 4.74 Å². The van der Waals surface area contributed by atoms with E-state index in [1.807, 2.05) is 6.08 Å². The van der Waals surface area contributed by atoms with Crippen molar-refractivity contribution in [3.63, 3.8) is 0 Å². The Morgan fingerprint density at radius 1 is 1.04 bits per heavy atom. The first-order valence-corrected chi connectivity index (χ1v) is 9.11. The molecule has 3 aromatic rings. The fourth-order valence-corrected chi connectivity index (χ4v) is 4.38. The Morgan fingerprint density at radius 3 is 2.62 bits per heavy atom. The summed E-state index contributed by atoms with van der Waals surface area (Å²) in [5.74, 6) is 0.317. The molecule has 2 heteroatoms. The van der Waals surface area contributed by atoms with Gasteiger partial charge in [0, 0.05) is 12.3 Å². The van der Waals surface area contributed by atoms with Crippen molar-refractivity contribution >= 4 is 33.4 Å². The number of rotatable bonds is 1. The zero-order chi connectivity index (χ0) is 17.7. The standard InChI is InChI=1S/C24H20O2/c1-24-11-10-19(25)14-23(24)18(15-26-24)13-17-12-16-6-2-3-7-20(16)22-9-5-4-8-21(17)22/h2-13,23H,14-15H2,1H3/b18-13-/t23-,24-/m1/s1. The molecular weight excluding hydrogens is 320 g/mol. The first kappa shape index (κ1) is 15.5. The molecule has 3 aromatic carbocycles. The van der Waals surface area contributed by atoms with Crippen molar-refractivity contribution in [3.8, 4) is 0 Å². The monoisotopic (exact) mass is 340 g/mol. The molecule has 0 aromatic heterocycles. The van der Waals surface area contributed by atoms with Gasteiger partial charge >= 0.3 is 0 Å². The first-order valence-electron chi connectivity index (χ1n) is 9.11. The molecule has 2 atom stereocenters. The summed E-state index contributed by atoms with van der Waals surface area (Å²) in [7, 11) is 0. The maximum absolute atomic E-state index is 12.0. The molecule has 2 nitrogen and oxygen atoms in total. The molecule has 0 radical (unpaired) electrons. The molecule has 0 bridgehead atoms. The lowest BCUT2D eigenvalue weighted by molar-refractivity contribution is -0.117. The summed E-state index contributed by atoms with van der Waals surface area (Å²) in [4.78, 5) is 12.0. The highest BCUT2D eigenvalue weighted by molar-refractivity contribution is 6.10. The van der Waals surface area contributed by atoms with Crippen LogP contribution >= 0.6 is 0 Å². The molecule has 1 aliphatic carbocycles. The molecule has 1 heterocycles. The topological polar surface area (TPSA) is 26.3 Å². The Balaban J connectivity index is 1.71. The van der Waals surface area contributed by atoms with E-state index in [-0.39, 0.29) is 17.3 Å². The van der Waals surface area contributed by atoms with Crippen LogP contribution in [0.3, 0.4) is 0 Å². The summed E-state index contributed by atoms with van der Waals surface area (Å²) in [5.41, 5.74) is 2.06. The maximum Gasteiger partial charge on any atom is 0.156 e. The van der Waals surface area contributed by atoms with Gasteiger partial charge in [0.1, 0.15) is 0 Å². The maximum atomic E-state index is 12.0. The molecule has 0 spiro atoms. The van der Waals surface area contributed by atoms with Gasteiger partial charge in [-0.15, -0.1) is 0 Å². The van der Waals surface area contributed by atoms with Gasteiger partial charge in [0.15, 0.2) is 5.78 Å². The highest BCUT2D eigenvalue weighted by atomic mass is 16.5. The smallest absolute Gasteiger partial charge is 0.156 e. The highest BCUT2D eigenvalue weighted by Gasteiger charge is 2.44. The predicted molar refractivity (Wildman–Crippen MR) is 106 cm³/mol. The van der Waals surface area contributed by atoms with Crippen LogP contribution in [0.5, 0.6) is 0 Å². The van der Waals surface area contributed by atoms with Crippen LogP contribution in [0, 0.1) is 5.92 Å². The van der Waals surface area contributed by atoms with Gasteiger partial charge in [-0.1, -0.05) is 54.6 Å². The number of carbonyl (C=O) groups excluding carboxylic acids is 1. The first-order chi connectivity index (χ1) is 12.6. The van der Waals surface area contributed by atoms with Crippen LogP contribution in [0.1, 0.15) is 18.9 Å². The van der Waals surface area contributed by atoms with Gasteiger partial charge in [-0.2, -0.15) is 0 Å². The Kier molecular flexibility index (Phi) is 3.38. The number of ether oxygens (including phenoxy) is 1. The fourth-order valence-electron chi connectivity index (χ4n) is 4.38. The van der Waals surface area contributed by atoms with Crippen LogP contribution in [-0.2, 0) is 9.53 Å². The second kappa shape index (κ2) is 5.65. The van der Waals surface area contributed by atoms with E-state index in [4.69, 9.17) is 4.74 Å². The molecule has 1 saturated heterocycles. The SMILES string of the molecule is C[C@@]12C=CC(=O)C[C@@H]1/C(=C\c1cc3ccccc3c3ccccc13)CO2. The van der Waals surface area contributed by atoms with Gasteiger partial charge in [-0.25, -0.2) is 0 Å². The summed E-state index contributed by atoms with van der Waals surface area (Å²) >= 11 is 0. The molecule has 5 rings (SSSR count). The van der Waals surface area contributed by atoms with Gasteiger partial charge in [0.2, 0.25) is 0 Å². The van der Waals surface area contributed by atoms with Gasteiger partial charge in [-0.3, -0.25) is 4.79 Å². The van der Waals surface area contributed by atoms with Gasteiger partial charge in [0.25, 0.3) is 0 Å². The average Bonchev–Trinajstić information content (AvgIpc) is 2.98. The molecule has 0 saturated carbocycles. The zero-order valence-electron chi connectivity index (χ0n) is 14.7. The number of carbonyl (C=O) groups is 1.